The van der Waals surface area contributed by atoms with Crippen molar-refractivity contribution in [2.75, 3.05) is 37.7 Å². The third-order valence-corrected chi connectivity index (χ3v) is 10.3. The molecule has 7 rings (SSSR count). The van der Waals surface area contributed by atoms with Gasteiger partial charge in [0.05, 0.1) is 36.6 Å². The first-order valence-corrected chi connectivity index (χ1v) is 14.4. The van der Waals surface area contributed by atoms with Crippen LogP contribution in [-0.4, -0.2) is 84.7 Å². The summed E-state index contributed by atoms with van der Waals surface area (Å²) in [7, 11) is 0. The van der Waals surface area contributed by atoms with Gasteiger partial charge in [0.1, 0.15) is 11.9 Å². The molecule has 0 bridgehead atoms. The second-order valence-electron chi connectivity index (χ2n) is 12.6. The lowest BCUT2D eigenvalue weighted by Crippen LogP contribution is -2.49. The Morgan fingerprint density at radius 3 is 2.68 bits per heavy atom. The van der Waals surface area contributed by atoms with Crippen molar-refractivity contribution < 1.29 is 28.2 Å². The highest BCUT2D eigenvalue weighted by atomic mass is 19.1. The summed E-state index contributed by atoms with van der Waals surface area (Å²) in [6.45, 7) is 7.20. The SMILES string of the molecule is CC(C)OC(=O)N1C2CCC3CC(N4CCC5(CC4)CN(C(=O)O[C@@H]4CCOC4)c4ccc(F)cc45)CC321. The predicted molar refractivity (Wildman–Crippen MR) is 138 cm³/mol. The van der Waals surface area contributed by atoms with Crippen LogP contribution in [-0.2, 0) is 19.6 Å². The number of nitrogens with zero attached hydrogens (tertiary/aromatic N) is 3. The molecule has 0 N–H and O–H groups in total. The topological polar surface area (TPSA) is 71.3 Å². The number of amides is 2. The number of fused-ring (bicyclic) bond motifs is 2. The van der Waals surface area contributed by atoms with E-state index in [2.05, 4.69) is 4.90 Å². The van der Waals surface area contributed by atoms with Gasteiger partial charge in [-0.3, -0.25) is 9.80 Å². The van der Waals surface area contributed by atoms with Crippen molar-refractivity contribution in [1.82, 2.24) is 9.80 Å². The zero-order valence-electron chi connectivity index (χ0n) is 22.4. The number of hydrogen-bond donors (Lipinski definition) is 0. The van der Waals surface area contributed by atoms with Crippen molar-refractivity contribution in [3.05, 3.63) is 29.6 Å². The summed E-state index contributed by atoms with van der Waals surface area (Å²) in [6, 6.07) is 5.59. The molecule has 2 aliphatic carbocycles. The summed E-state index contributed by atoms with van der Waals surface area (Å²) >= 11 is 0. The van der Waals surface area contributed by atoms with Crippen molar-refractivity contribution in [3.63, 3.8) is 0 Å². The first-order chi connectivity index (χ1) is 18.3. The largest absolute Gasteiger partial charge is 0.447 e. The standard InChI is InChI=1S/C29H38FN3O5/c1-18(2)37-27(35)33-25-6-3-19-13-21(15-29(19,25)33)31-10-8-28(9-11-31)17-32(24-5-4-20(30)14-23(24)28)26(34)38-22-7-12-36-16-22/h4-5,14,18-19,21-22,25H,3,6-13,15-17H2,1-2H3/t19?,21?,22-,25?,29?,33?/m1/s1. The van der Waals surface area contributed by atoms with Crippen molar-refractivity contribution in [1.29, 1.82) is 0 Å². The average Bonchev–Trinajstić information content (AvgIpc) is 3.39. The third kappa shape index (κ3) is 3.68. The molecule has 0 aromatic heterocycles. The van der Waals surface area contributed by atoms with Crippen LogP contribution in [0, 0.1) is 11.7 Å². The molecular weight excluding hydrogens is 489 g/mol. The molecule has 5 fully saturated rings. The summed E-state index contributed by atoms with van der Waals surface area (Å²) in [6.07, 6.45) is 6.08. The van der Waals surface area contributed by atoms with Gasteiger partial charge in [0, 0.05) is 24.4 Å². The van der Waals surface area contributed by atoms with E-state index in [4.69, 9.17) is 14.2 Å². The van der Waals surface area contributed by atoms with Gasteiger partial charge in [-0.15, -0.1) is 0 Å². The summed E-state index contributed by atoms with van der Waals surface area (Å²) < 4.78 is 31.1. The molecule has 2 spiro atoms. The normalized spacial score (nSPS) is 34.9. The molecule has 2 saturated carbocycles. The Morgan fingerprint density at radius 2 is 1.95 bits per heavy atom. The lowest BCUT2D eigenvalue weighted by Gasteiger charge is -2.42. The molecule has 8 nitrogen and oxygen atoms in total. The number of anilines is 1. The van der Waals surface area contributed by atoms with E-state index in [0.717, 1.165) is 56.4 Å². The molecule has 4 heterocycles. The first kappa shape index (κ1) is 24.6. The van der Waals surface area contributed by atoms with Crippen LogP contribution in [0.5, 0.6) is 0 Å². The van der Waals surface area contributed by atoms with Gasteiger partial charge in [-0.1, -0.05) is 0 Å². The predicted octanol–water partition coefficient (Wildman–Crippen LogP) is 4.45. The number of halogens is 1. The second kappa shape index (κ2) is 8.81. The molecule has 4 aliphatic heterocycles. The Balaban J connectivity index is 1.04. The van der Waals surface area contributed by atoms with E-state index in [1.54, 1.807) is 17.0 Å². The number of ether oxygens (including phenoxy) is 3. The number of benzene rings is 1. The Hall–Kier alpha value is -2.39. The molecule has 6 aliphatic rings. The van der Waals surface area contributed by atoms with Crippen LogP contribution >= 0.6 is 0 Å². The minimum absolute atomic E-state index is 0.000624. The van der Waals surface area contributed by atoms with Gasteiger partial charge < -0.3 is 19.1 Å². The minimum atomic E-state index is -0.358. The molecule has 1 aromatic carbocycles. The van der Waals surface area contributed by atoms with E-state index in [1.807, 2.05) is 18.7 Å². The molecule has 1 aromatic rings. The maximum absolute atomic E-state index is 14.4. The molecule has 4 unspecified atom stereocenters. The lowest BCUT2D eigenvalue weighted by molar-refractivity contribution is 0.0848. The van der Waals surface area contributed by atoms with E-state index < -0.39 is 0 Å². The monoisotopic (exact) mass is 527 g/mol. The van der Waals surface area contributed by atoms with E-state index in [9.17, 15) is 14.0 Å². The average molecular weight is 528 g/mol. The van der Waals surface area contributed by atoms with Gasteiger partial charge in [0.15, 0.2) is 0 Å². The fourth-order valence-corrected chi connectivity index (χ4v) is 8.57. The highest BCUT2D eigenvalue weighted by Crippen LogP contribution is 2.65. The van der Waals surface area contributed by atoms with Gasteiger partial charge in [-0.2, -0.15) is 0 Å². The second-order valence-corrected chi connectivity index (χ2v) is 12.6. The van der Waals surface area contributed by atoms with Crippen molar-refractivity contribution in [2.24, 2.45) is 5.92 Å². The molecule has 9 heteroatoms. The van der Waals surface area contributed by atoms with E-state index in [1.165, 1.54) is 12.5 Å². The summed E-state index contributed by atoms with van der Waals surface area (Å²) in [5.41, 5.74) is 1.45. The smallest absolute Gasteiger partial charge is 0.414 e. The van der Waals surface area contributed by atoms with Gasteiger partial charge in [0.25, 0.3) is 0 Å². The zero-order valence-corrected chi connectivity index (χ0v) is 22.4. The summed E-state index contributed by atoms with van der Waals surface area (Å²) in [5.74, 6) is 0.292. The number of carbonyl (C=O) groups excluding carboxylic acids is 2. The highest BCUT2D eigenvalue weighted by molar-refractivity contribution is 5.91. The maximum atomic E-state index is 14.4. The van der Waals surface area contributed by atoms with Crippen molar-refractivity contribution in [3.8, 4) is 0 Å². The molecule has 206 valence electrons. The van der Waals surface area contributed by atoms with Gasteiger partial charge in [-0.05, 0) is 95.1 Å². The van der Waals surface area contributed by atoms with Crippen molar-refractivity contribution >= 4 is 17.9 Å². The van der Waals surface area contributed by atoms with E-state index in [-0.39, 0.29) is 41.2 Å². The van der Waals surface area contributed by atoms with Crippen LogP contribution < -0.4 is 4.90 Å². The maximum Gasteiger partial charge on any atom is 0.414 e. The molecule has 2 amide bonds. The number of rotatable bonds is 3. The van der Waals surface area contributed by atoms with Crippen LogP contribution in [0.2, 0.25) is 0 Å². The van der Waals surface area contributed by atoms with Gasteiger partial charge in [0.2, 0.25) is 0 Å². The molecular formula is C29H38FN3O5. The Labute approximate surface area is 223 Å². The van der Waals surface area contributed by atoms with E-state index in [0.29, 0.717) is 44.2 Å². The van der Waals surface area contributed by atoms with Crippen LogP contribution in [0.15, 0.2) is 18.2 Å². The summed E-state index contributed by atoms with van der Waals surface area (Å²) in [4.78, 5) is 32.3. The highest BCUT2D eigenvalue weighted by Gasteiger charge is 2.75. The Bertz CT molecular complexity index is 1130. The van der Waals surface area contributed by atoms with Crippen LogP contribution in [0.3, 0.4) is 0 Å². The van der Waals surface area contributed by atoms with Crippen LogP contribution in [0.1, 0.15) is 64.4 Å². The Kier molecular flexibility index (Phi) is 5.71. The number of hydrogen-bond acceptors (Lipinski definition) is 6. The third-order valence-electron chi connectivity index (χ3n) is 10.3. The molecule has 5 atom stereocenters. The van der Waals surface area contributed by atoms with Crippen LogP contribution in [0.25, 0.3) is 0 Å². The van der Waals surface area contributed by atoms with Crippen LogP contribution in [0.4, 0.5) is 19.7 Å². The number of likely N-dealkylation sites (tertiary alicyclic amines) is 2. The fourth-order valence-electron chi connectivity index (χ4n) is 8.57. The van der Waals surface area contributed by atoms with Crippen molar-refractivity contribution in [2.45, 2.75) is 94.0 Å². The molecule has 0 radical (unpaired) electrons. The minimum Gasteiger partial charge on any atom is -0.447 e. The van der Waals surface area contributed by atoms with Gasteiger partial charge >= 0.3 is 12.2 Å². The fraction of sp³-hybridized carbons (Fsp3) is 0.724. The lowest BCUT2D eigenvalue weighted by atomic mass is 9.74. The number of carbonyl (C=O) groups is 2. The summed E-state index contributed by atoms with van der Waals surface area (Å²) in [5, 5.41) is 0. The zero-order chi connectivity index (χ0) is 26.2. The Morgan fingerprint density at radius 1 is 1.13 bits per heavy atom. The van der Waals surface area contributed by atoms with E-state index >= 15 is 0 Å². The number of piperidine rings is 2. The molecule has 3 saturated heterocycles. The quantitative estimate of drug-likeness (QED) is 0.541. The molecule has 38 heavy (non-hydrogen) atoms. The van der Waals surface area contributed by atoms with Gasteiger partial charge in [-0.25, -0.2) is 14.0 Å². The first-order valence-electron chi connectivity index (χ1n) is 14.4.